The summed E-state index contributed by atoms with van der Waals surface area (Å²) < 4.78 is 5.16. The second-order valence-electron chi connectivity index (χ2n) is 4.86. The van der Waals surface area contributed by atoms with Gasteiger partial charge in [-0.15, -0.1) is 0 Å². The normalized spacial score (nSPS) is 10.3. The lowest BCUT2D eigenvalue weighted by Crippen LogP contribution is -2.27. The molecule has 22 heavy (non-hydrogen) atoms. The van der Waals surface area contributed by atoms with Crippen molar-refractivity contribution in [2.45, 2.75) is 13.5 Å². The highest BCUT2D eigenvalue weighted by Crippen LogP contribution is 2.16. The maximum atomic E-state index is 11.8. The zero-order valence-corrected chi connectivity index (χ0v) is 12.6. The van der Waals surface area contributed by atoms with E-state index in [9.17, 15) is 9.59 Å². The number of hydrogen-bond acceptors (Lipinski definition) is 4. The topological polar surface area (TPSA) is 74.6 Å². The molecule has 0 unspecified atom stereocenters. The van der Waals surface area contributed by atoms with Crippen LogP contribution in [0.1, 0.15) is 12.7 Å². The lowest BCUT2D eigenvalue weighted by Gasteiger charge is -2.15. The van der Waals surface area contributed by atoms with Gasteiger partial charge in [0.05, 0.1) is 19.4 Å². The smallest absolute Gasteiger partial charge is 0.238 e. The fourth-order valence-corrected chi connectivity index (χ4v) is 1.87. The van der Waals surface area contributed by atoms with E-state index in [4.69, 9.17) is 4.42 Å². The molecule has 2 N–H and O–H groups in total. The molecular weight excluding hydrogens is 282 g/mol. The molecule has 2 aromatic rings. The van der Waals surface area contributed by atoms with E-state index in [0.29, 0.717) is 12.2 Å². The average Bonchev–Trinajstić information content (AvgIpc) is 3.00. The van der Waals surface area contributed by atoms with Crippen molar-refractivity contribution < 1.29 is 14.0 Å². The first-order chi connectivity index (χ1) is 10.6. The summed E-state index contributed by atoms with van der Waals surface area (Å²) in [5.41, 5.74) is 1.46. The number of hydrogen-bond donors (Lipinski definition) is 2. The van der Waals surface area contributed by atoms with Gasteiger partial charge in [0.2, 0.25) is 11.8 Å². The van der Waals surface area contributed by atoms with Crippen LogP contribution < -0.4 is 15.5 Å². The quantitative estimate of drug-likeness (QED) is 0.855. The molecule has 0 radical (unpaired) electrons. The van der Waals surface area contributed by atoms with E-state index >= 15 is 0 Å². The minimum absolute atomic E-state index is 0.0427. The third-order valence-corrected chi connectivity index (χ3v) is 3.18. The van der Waals surface area contributed by atoms with Crippen LogP contribution in [-0.2, 0) is 16.1 Å². The van der Waals surface area contributed by atoms with Gasteiger partial charge >= 0.3 is 0 Å². The van der Waals surface area contributed by atoms with Crippen LogP contribution in [0.4, 0.5) is 11.4 Å². The Kier molecular flexibility index (Phi) is 5.32. The van der Waals surface area contributed by atoms with Gasteiger partial charge in [-0.3, -0.25) is 9.59 Å². The highest BCUT2D eigenvalue weighted by atomic mass is 16.3. The minimum atomic E-state index is -0.140. The van der Waals surface area contributed by atoms with E-state index in [2.05, 4.69) is 10.6 Å². The minimum Gasteiger partial charge on any atom is -0.468 e. The Morgan fingerprint density at radius 3 is 2.50 bits per heavy atom. The van der Waals surface area contributed by atoms with Crippen LogP contribution in [0.5, 0.6) is 0 Å². The Morgan fingerprint density at radius 2 is 1.91 bits per heavy atom. The van der Waals surface area contributed by atoms with Crippen LogP contribution in [0.25, 0.3) is 0 Å². The van der Waals surface area contributed by atoms with Gasteiger partial charge in [-0.1, -0.05) is 0 Å². The molecule has 0 saturated carbocycles. The van der Waals surface area contributed by atoms with Gasteiger partial charge in [0.1, 0.15) is 5.76 Å². The molecule has 0 saturated heterocycles. The molecule has 1 aromatic heterocycles. The Morgan fingerprint density at radius 1 is 1.18 bits per heavy atom. The molecule has 116 valence electrons. The van der Waals surface area contributed by atoms with Crippen molar-refractivity contribution >= 4 is 23.2 Å². The lowest BCUT2D eigenvalue weighted by molar-refractivity contribution is -0.116. The number of furan rings is 1. The average molecular weight is 301 g/mol. The molecule has 0 aliphatic rings. The van der Waals surface area contributed by atoms with Crippen molar-refractivity contribution in [1.29, 1.82) is 0 Å². The zero-order valence-electron chi connectivity index (χ0n) is 12.6. The van der Waals surface area contributed by atoms with Crippen molar-refractivity contribution in [3.05, 3.63) is 48.4 Å². The van der Waals surface area contributed by atoms with Crippen LogP contribution >= 0.6 is 0 Å². The summed E-state index contributed by atoms with van der Waals surface area (Å²) in [6.07, 6.45) is 1.59. The maximum absolute atomic E-state index is 11.8. The van der Waals surface area contributed by atoms with Gasteiger partial charge in [0.15, 0.2) is 0 Å². The second-order valence-corrected chi connectivity index (χ2v) is 4.86. The predicted octanol–water partition coefficient (Wildman–Crippen LogP) is 1.99. The maximum Gasteiger partial charge on any atom is 0.238 e. The number of rotatable bonds is 6. The fraction of sp³-hybridized carbons (Fsp3) is 0.250. The number of amides is 2. The molecule has 1 heterocycles. The van der Waals surface area contributed by atoms with Crippen LogP contribution in [0.2, 0.25) is 0 Å². The highest BCUT2D eigenvalue weighted by Gasteiger charge is 2.06. The van der Waals surface area contributed by atoms with Crippen molar-refractivity contribution in [1.82, 2.24) is 5.32 Å². The van der Waals surface area contributed by atoms with Gasteiger partial charge in [-0.05, 0) is 36.4 Å². The summed E-state index contributed by atoms with van der Waals surface area (Å²) in [6.45, 7) is 2.19. The molecule has 6 heteroatoms. The van der Waals surface area contributed by atoms with Crippen LogP contribution in [-0.4, -0.2) is 25.4 Å². The van der Waals surface area contributed by atoms with E-state index in [0.717, 1.165) is 11.4 Å². The highest BCUT2D eigenvalue weighted by molar-refractivity contribution is 5.93. The van der Waals surface area contributed by atoms with Gasteiger partial charge in [-0.2, -0.15) is 0 Å². The van der Waals surface area contributed by atoms with E-state index in [1.165, 1.54) is 11.8 Å². The van der Waals surface area contributed by atoms with Crippen LogP contribution in [0, 0.1) is 0 Å². The Labute approximate surface area is 129 Å². The second kappa shape index (κ2) is 7.42. The SMILES string of the molecule is CC(=O)N(C)c1ccc(NC(=O)CNCc2ccco2)cc1. The largest absolute Gasteiger partial charge is 0.468 e. The zero-order chi connectivity index (χ0) is 15.9. The first-order valence-corrected chi connectivity index (χ1v) is 6.93. The van der Waals surface area contributed by atoms with Gasteiger partial charge in [-0.25, -0.2) is 0 Å². The Hall–Kier alpha value is -2.60. The lowest BCUT2D eigenvalue weighted by atomic mass is 10.2. The summed E-state index contributed by atoms with van der Waals surface area (Å²) in [5, 5.41) is 5.78. The molecule has 0 spiro atoms. The van der Waals surface area contributed by atoms with Gasteiger partial charge in [0.25, 0.3) is 0 Å². The molecule has 0 bridgehead atoms. The Balaban J connectivity index is 1.80. The standard InChI is InChI=1S/C16H19N3O3/c1-12(20)19(2)14-7-5-13(6-8-14)18-16(21)11-17-10-15-4-3-9-22-15/h3-9,17H,10-11H2,1-2H3,(H,18,21). The molecule has 0 aliphatic carbocycles. The van der Waals surface area contributed by atoms with E-state index < -0.39 is 0 Å². The number of benzene rings is 1. The molecule has 2 amide bonds. The Bertz CT molecular complexity index is 621. The van der Waals surface area contributed by atoms with Crippen LogP contribution in [0.15, 0.2) is 47.1 Å². The fourth-order valence-electron chi connectivity index (χ4n) is 1.87. The molecule has 0 fully saturated rings. The van der Waals surface area contributed by atoms with Crippen molar-refractivity contribution in [2.75, 3.05) is 23.8 Å². The number of carbonyl (C=O) groups excluding carboxylic acids is 2. The molecular formula is C16H19N3O3. The number of nitrogens with one attached hydrogen (secondary N) is 2. The van der Waals surface area contributed by atoms with Crippen molar-refractivity contribution in [3.8, 4) is 0 Å². The summed E-state index contributed by atoms with van der Waals surface area (Å²) in [7, 11) is 1.70. The summed E-state index contributed by atoms with van der Waals surface area (Å²) in [4.78, 5) is 24.6. The van der Waals surface area contributed by atoms with Crippen molar-refractivity contribution in [2.24, 2.45) is 0 Å². The van der Waals surface area contributed by atoms with Gasteiger partial charge in [0, 0.05) is 25.3 Å². The number of nitrogens with zero attached hydrogens (tertiary/aromatic N) is 1. The third-order valence-electron chi connectivity index (χ3n) is 3.18. The molecule has 1 aromatic carbocycles. The first-order valence-electron chi connectivity index (χ1n) is 6.93. The summed E-state index contributed by atoms with van der Waals surface area (Å²) in [5.74, 6) is 0.600. The molecule has 6 nitrogen and oxygen atoms in total. The summed E-state index contributed by atoms with van der Waals surface area (Å²) in [6, 6.07) is 10.7. The predicted molar refractivity (Wildman–Crippen MR) is 84.6 cm³/mol. The summed E-state index contributed by atoms with van der Waals surface area (Å²) >= 11 is 0. The number of carbonyl (C=O) groups is 2. The van der Waals surface area contributed by atoms with Crippen molar-refractivity contribution in [3.63, 3.8) is 0 Å². The van der Waals surface area contributed by atoms with E-state index in [1.807, 2.05) is 6.07 Å². The first kappa shape index (κ1) is 15.8. The molecule has 0 atom stereocenters. The third kappa shape index (κ3) is 4.46. The van der Waals surface area contributed by atoms with Crippen LogP contribution in [0.3, 0.4) is 0 Å². The monoisotopic (exact) mass is 301 g/mol. The van der Waals surface area contributed by atoms with E-state index in [1.54, 1.807) is 43.6 Å². The molecule has 2 rings (SSSR count). The molecule has 0 aliphatic heterocycles. The van der Waals surface area contributed by atoms with E-state index in [-0.39, 0.29) is 18.4 Å². The van der Waals surface area contributed by atoms with Gasteiger partial charge < -0.3 is 20.0 Å². The number of anilines is 2.